The summed E-state index contributed by atoms with van der Waals surface area (Å²) >= 11 is 0. The Kier molecular flexibility index (Phi) is 3.63. The maximum Gasteiger partial charge on any atom is 0.231 e. The van der Waals surface area contributed by atoms with Crippen molar-refractivity contribution in [1.29, 1.82) is 0 Å². The number of para-hydroxylation sites is 1. The third kappa shape index (κ3) is 2.64. The second-order valence-electron chi connectivity index (χ2n) is 4.47. The average Bonchev–Trinajstić information content (AvgIpc) is 2.95. The number of nitrogens with one attached hydrogen (secondary N) is 1. The second kappa shape index (κ2) is 5.74. The van der Waals surface area contributed by atoms with Gasteiger partial charge in [0.25, 0.3) is 0 Å². The summed E-state index contributed by atoms with van der Waals surface area (Å²) in [4.78, 5) is 0. The third-order valence-electron chi connectivity index (χ3n) is 3.11. The minimum Gasteiger partial charge on any atom is -0.494 e. The van der Waals surface area contributed by atoms with Crippen molar-refractivity contribution in [1.82, 2.24) is 0 Å². The molecule has 0 radical (unpaired) electrons. The van der Waals surface area contributed by atoms with Crippen LogP contribution >= 0.6 is 0 Å². The molecule has 0 unspecified atom stereocenters. The monoisotopic (exact) mass is 271 g/mol. The predicted octanol–water partition coefficient (Wildman–Crippen LogP) is 3.43. The molecule has 0 atom stereocenters. The van der Waals surface area contributed by atoms with E-state index in [1.807, 2.05) is 49.4 Å². The number of rotatable bonds is 5. The third-order valence-corrected chi connectivity index (χ3v) is 3.11. The lowest BCUT2D eigenvalue weighted by atomic mass is 10.2. The van der Waals surface area contributed by atoms with Crippen molar-refractivity contribution in [3.05, 3.63) is 48.0 Å². The first-order valence-electron chi connectivity index (χ1n) is 6.71. The Labute approximate surface area is 118 Å². The molecule has 1 heterocycles. The number of hydrogen-bond acceptors (Lipinski definition) is 4. The van der Waals surface area contributed by atoms with Gasteiger partial charge in [0.15, 0.2) is 11.5 Å². The lowest BCUT2D eigenvalue weighted by molar-refractivity contribution is 0.173. The van der Waals surface area contributed by atoms with Gasteiger partial charge in [-0.25, -0.2) is 0 Å². The summed E-state index contributed by atoms with van der Waals surface area (Å²) in [5, 5.41) is 3.37. The fourth-order valence-corrected chi connectivity index (χ4v) is 2.19. The summed E-state index contributed by atoms with van der Waals surface area (Å²) in [5.41, 5.74) is 2.11. The van der Waals surface area contributed by atoms with Gasteiger partial charge in [-0.05, 0) is 25.1 Å². The van der Waals surface area contributed by atoms with Gasteiger partial charge in [-0.3, -0.25) is 0 Å². The number of ether oxygens (including phenoxy) is 3. The van der Waals surface area contributed by atoms with Gasteiger partial charge in [-0.15, -0.1) is 0 Å². The number of hydrogen-bond donors (Lipinski definition) is 1. The summed E-state index contributed by atoms with van der Waals surface area (Å²) in [6, 6.07) is 13.9. The van der Waals surface area contributed by atoms with Gasteiger partial charge in [0.1, 0.15) is 5.75 Å². The van der Waals surface area contributed by atoms with E-state index in [1.165, 1.54) is 0 Å². The van der Waals surface area contributed by atoms with Gasteiger partial charge in [0.2, 0.25) is 6.79 Å². The molecular formula is C16H17NO3. The van der Waals surface area contributed by atoms with Gasteiger partial charge in [0.05, 0.1) is 6.61 Å². The average molecular weight is 271 g/mol. The van der Waals surface area contributed by atoms with Crippen LogP contribution in [0.15, 0.2) is 42.5 Å². The predicted molar refractivity (Wildman–Crippen MR) is 77.5 cm³/mol. The number of benzene rings is 2. The summed E-state index contributed by atoms with van der Waals surface area (Å²) in [7, 11) is 0. The second-order valence-corrected chi connectivity index (χ2v) is 4.47. The van der Waals surface area contributed by atoms with Crippen molar-refractivity contribution in [2.24, 2.45) is 0 Å². The molecule has 0 aromatic heterocycles. The maximum absolute atomic E-state index is 5.49. The van der Waals surface area contributed by atoms with Crippen molar-refractivity contribution in [3.63, 3.8) is 0 Å². The van der Waals surface area contributed by atoms with E-state index in [-0.39, 0.29) is 0 Å². The topological polar surface area (TPSA) is 39.7 Å². The largest absolute Gasteiger partial charge is 0.494 e. The highest BCUT2D eigenvalue weighted by atomic mass is 16.7. The molecule has 0 fully saturated rings. The van der Waals surface area contributed by atoms with E-state index in [0.29, 0.717) is 19.9 Å². The van der Waals surface area contributed by atoms with Gasteiger partial charge < -0.3 is 19.5 Å². The number of fused-ring (bicyclic) bond motifs is 1. The van der Waals surface area contributed by atoms with Crippen LogP contribution in [0.2, 0.25) is 0 Å². The first-order valence-corrected chi connectivity index (χ1v) is 6.71. The normalized spacial score (nSPS) is 12.2. The Hall–Kier alpha value is -2.36. The molecule has 0 amide bonds. The van der Waals surface area contributed by atoms with E-state index in [2.05, 4.69) is 5.32 Å². The maximum atomic E-state index is 5.49. The Morgan fingerprint density at radius 3 is 2.95 bits per heavy atom. The highest BCUT2D eigenvalue weighted by Gasteiger charge is 2.16. The molecule has 2 aromatic carbocycles. The summed E-state index contributed by atoms with van der Waals surface area (Å²) < 4.78 is 16.4. The van der Waals surface area contributed by atoms with E-state index >= 15 is 0 Å². The number of anilines is 1. The molecule has 0 bridgehead atoms. The SMILES string of the molecule is CCOc1cccc(NCc2cccc3c2OCO3)c1. The summed E-state index contributed by atoms with van der Waals surface area (Å²) in [5.74, 6) is 2.52. The molecule has 0 aliphatic carbocycles. The molecule has 1 aliphatic rings. The Morgan fingerprint density at radius 1 is 1.15 bits per heavy atom. The fraction of sp³-hybridized carbons (Fsp3) is 0.250. The first kappa shape index (κ1) is 12.7. The molecule has 1 N–H and O–H groups in total. The molecule has 20 heavy (non-hydrogen) atoms. The highest BCUT2D eigenvalue weighted by molar-refractivity contribution is 5.52. The standard InChI is InChI=1S/C16H17NO3/c1-2-18-14-7-4-6-13(9-14)17-10-12-5-3-8-15-16(12)20-11-19-15/h3-9,17H,2,10-11H2,1H3. The lowest BCUT2D eigenvalue weighted by Crippen LogP contribution is -2.01. The molecule has 4 nitrogen and oxygen atoms in total. The summed E-state index contributed by atoms with van der Waals surface area (Å²) in [6.45, 7) is 3.62. The first-order chi connectivity index (χ1) is 9.86. The van der Waals surface area contributed by atoms with Gasteiger partial charge in [-0.1, -0.05) is 18.2 Å². The zero-order chi connectivity index (χ0) is 13.8. The minimum atomic E-state index is 0.298. The molecule has 1 aliphatic heterocycles. The van der Waals surface area contributed by atoms with Crippen molar-refractivity contribution in [3.8, 4) is 17.2 Å². The van der Waals surface area contributed by atoms with Crippen LogP contribution in [-0.4, -0.2) is 13.4 Å². The van der Waals surface area contributed by atoms with Crippen LogP contribution < -0.4 is 19.5 Å². The zero-order valence-electron chi connectivity index (χ0n) is 11.4. The van der Waals surface area contributed by atoms with Crippen LogP contribution in [0.1, 0.15) is 12.5 Å². The molecule has 2 aromatic rings. The molecule has 104 valence electrons. The van der Waals surface area contributed by atoms with Crippen LogP contribution in [0.4, 0.5) is 5.69 Å². The van der Waals surface area contributed by atoms with Crippen molar-refractivity contribution in [2.75, 3.05) is 18.7 Å². The lowest BCUT2D eigenvalue weighted by Gasteiger charge is -2.10. The van der Waals surface area contributed by atoms with Crippen LogP contribution in [0, 0.1) is 0 Å². The van der Waals surface area contributed by atoms with E-state index in [9.17, 15) is 0 Å². The minimum absolute atomic E-state index is 0.298. The van der Waals surface area contributed by atoms with Crippen molar-refractivity contribution < 1.29 is 14.2 Å². The van der Waals surface area contributed by atoms with E-state index in [0.717, 1.165) is 28.5 Å². The molecule has 4 heteroatoms. The highest BCUT2D eigenvalue weighted by Crippen LogP contribution is 2.35. The van der Waals surface area contributed by atoms with Crippen LogP contribution in [0.25, 0.3) is 0 Å². The van der Waals surface area contributed by atoms with Gasteiger partial charge in [-0.2, -0.15) is 0 Å². The Morgan fingerprint density at radius 2 is 2.05 bits per heavy atom. The van der Waals surface area contributed by atoms with E-state index in [1.54, 1.807) is 0 Å². The quantitative estimate of drug-likeness (QED) is 0.904. The van der Waals surface area contributed by atoms with Gasteiger partial charge >= 0.3 is 0 Å². The summed E-state index contributed by atoms with van der Waals surface area (Å²) in [6.07, 6.45) is 0. The zero-order valence-corrected chi connectivity index (χ0v) is 11.4. The Bertz CT molecular complexity index is 598. The van der Waals surface area contributed by atoms with Crippen LogP contribution in [0.3, 0.4) is 0 Å². The fourth-order valence-electron chi connectivity index (χ4n) is 2.19. The smallest absolute Gasteiger partial charge is 0.231 e. The molecular weight excluding hydrogens is 254 g/mol. The van der Waals surface area contributed by atoms with Crippen LogP contribution in [0.5, 0.6) is 17.2 Å². The molecule has 0 saturated carbocycles. The van der Waals surface area contributed by atoms with Crippen molar-refractivity contribution in [2.45, 2.75) is 13.5 Å². The van der Waals surface area contributed by atoms with Gasteiger partial charge in [0, 0.05) is 23.9 Å². The molecule has 3 rings (SSSR count). The molecule has 0 spiro atoms. The van der Waals surface area contributed by atoms with E-state index in [4.69, 9.17) is 14.2 Å². The molecule has 0 saturated heterocycles. The Balaban J connectivity index is 1.71. The van der Waals surface area contributed by atoms with E-state index < -0.39 is 0 Å². The van der Waals surface area contributed by atoms with Crippen LogP contribution in [-0.2, 0) is 6.54 Å². The van der Waals surface area contributed by atoms with Crippen molar-refractivity contribution >= 4 is 5.69 Å².